The minimum Gasteiger partial charge on any atom is -0.387 e. The Hall–Kier alpha value is -0.460. The lowest BCUT2D eigenvalue weighted by Crippen LogP contribution is -2.46. The molecule has 0 aromatic carbocycles. The Labute approximate surface area is 119 Å². The highest BCUT2D eigenvalue weighted by molar-refractivity contribution is 7.99. The van der Waals surface area contributed by atoms with Crippen LogP contribution in [0.4, 0.5) is 0 Å². The molecule has 2 saturated heterocycles. The first kappa shape index (κ1) is 14.9. The number of aliphatic hydroxyl groups is 1. The maximum Gasteiger partial charge on any atom is 0.191 e. The summed E-state index contributed by atoms with van der Waals surface area (Å²) < 4.78 is 5.36. The first-order chi connectivity index (χ1) is 9.22. The highest BCUT2D eigenvalue weighted by Crippen LogP contribution is 2.27. The summed E-state index contributed by atoms with van der Waals surface area (Å²) in [6, 6.07) is 0.430. The van der Waals surface area contributed by atoms with E-state index in [0.29, 0.717) is 12.6 Å². The molecule has 0 aromatic heterocycles. The molecule has 0 aromatic rings. The largest absolute Gasteiger partial charge is 0.387 e. The lowest BCUT2D eigenvalue weighted by molar-refractivity contribution is 0.0767. The van der Waals surface area contributed by atoms with Crippen molar-refractivity contribution < 1.29 is 9.84 Å². The molecule has 0 amide bonds. The summed E-state index contributed by atoms with van der Waals surface area (Å²) in [7, 11) is 0. The van der Waals surface area contributed by atoms with Gasteiger partial charge in [-0.2, -0.15) is 11.8 Å². The van der Waals surface area contributed by atoms with Crippen LogP contribution in [0, 0.1) is 0 Å². The number of rotatable bonds is 4. The van der Waals surface area contributed by atoms with Gasteiger partial charge in [-0.05, 0) is 31.9 Å². The molecule has 2 aliphatic rings. The van der Waals surface area contributed by atoms with E-state index in [1.54, 1.807) is 11.8 Å². The van der Waals surface area contributed by atoms with Crippen LogP contribution in [0.5, 0.6) is 0 Å². The van der Waals surface area contributed by atoms with Gasteiger partial charge in [0.1, 0.15) is 0 Å². The minimum absolute atomic E-state index is 0.430. The van der Waals surface area contributed by atoms with Gasteiger partial charge in [0.05, 0.1) is 12.1 Å². The fourth-order valence-corrected chi connectivity index (χ4v) is 3.59. The fourth-order valence-electron chi connectivity index (χ4n) is 2.30. The van der Waals surface area contributed by atoms with Gasteiger partial charge in [0, 0.05) is 31.6 Å². The molecule has 1 atom stereocenters. The van der Waals surface area contributed by atoms with Crippen molar-refractivity contribution in [3.8, 4) is 0 Å². The van der Waals surface area contributed by atoms with Crippen molar-refractivity contribution in [2.75, 3.05) is 37.8 Å². The van der Waals surface area contributed by atoms with E-state index in [1.807, 2.05) is 0 Å². The summed E-state index contributed by atoms with van der Waals surface area (Å²) in [5, 5.41) is 17.0. The van der Waals surface area contributed by atoms with E-state index in [0.717, 1.165) is 56.5 Å². The first-order valence-electron chi connectivity index (χ1n) is 7.14. The summed E-state index contributed by atoms with van der Waals surface area (Å²) in [6.07, 6.45) is 2.88. The Morgan fingerprint density at radius 3 is 2.89 bits per heavy atom. The van der Waals surface area contributed by atoms with E-state index >= 15 is 0 Å². The first-order valence-corrected chi connectivity index (χ1v) is 8.30. The molecule has 0 spiro atoms. The molecule has 2 aliphatic heterocycles. The second kappa shape index (κ2) is 7.36. The summed E-state index contributed by atoms with van der Waals surface area (Å²) in [5.41, 5.74) is -0.608. The van der Waals surface area contributed by atoms with E-state index in [-0.39, 0.29) is 0 Å². The van der Waals surface area contributed by atoms with Crippen molar-refractivity contribution >= 4 is 17.7 Å². The lowest BCUT2D eigenvalue weighted by Gasteiger charge is -2.26. The second-order valence-corrected chi connectivity index (χ2v) is 6.36. The zero-order chi connectivity index (χ0) is 13.6. The fraction of sp³-hybridized carbons (Fsp3) is 0.923. The molecule has 2 fully saturated rings. The van der Waals surface area contributed by atoms with Gasteiger partial charge in [0.15, 0.2) is 5.96 Å². The number of nitrogens with one attached hydrogen (secondary N) is 2. The van der Waals surface area contributed by atoms with Crippen LogP contribution in [0.2, 0.25) is 0 Å². The van der Waals surface area contributed by atoms with Crippen LogP contribution < -0.4 is 10.6 Å². The minimum atomic E-state index is -0.608. The maximum atomic E-state index is 10.3. The quantitative estimate of drug-likeness (QED) is 0.522. The number of thioether (sulfide) groups is 1. The Morgan fingerprint density at radius 1 is 1.47 bits per heavy atom. The summed E-state index contributed by atoms with van der Waals surface area (Å²) in [5.74, 6) is 2.66. The van der Waals surface area contributed by atoms with E-state index in [4.69, 9.17) is 4.74 Å². The molecule has 3 N–H and O–H groups in total. The topological polar surface area (TPSA) is 65.9 Å². The molecule has 5 nitrogen and oxygen atoms in total. The Balaban J connectivity index is 1.86. The predicted molar refractivity (Wildman–Crippen MR) is 79.8 cm³/mol. The highest BCUT2D eigenvalue weighted by Gasteiger charge is 2.31. The summed E-state index contributed by atoms with van der Waals surface area (Å²) in [6.45, 7) is 5.01. The third-order valence-electron chi connectivity index (χ3n) is 3.52. The standard InChI is InChI=1S/C13H25N3O2S/c1-2-14-12(16-11-3-6-18-7-4-11)15-9-13(17)5-8-19-10-13/h11,17H,2-10H2,1H3,(H2,14,15,16). The molecule has 0 aliphatic carbocycles. The third kappa shape index (κ3) is 4.85. The van der Waals surface area contributed by atoms with Gasteiger partial charge >= 0.3 is 0 Å². The Bertz CT molecular complexity index is 300. The van der Waals surface area contributed by atoms with Crippen molar-refractivity contribution in [1.29, 1.82) is 0 Å². The SMILES string of the molecule is CCNC(=NCC1(O)CCSC1)NC1CCOCC1. The smallest absolute Gasteiger partial charge is 0.191 e. The van der Waals surface area contributed by atoms with Crippen LogP contribution in [0.3, 0.4) is 0 Å². The van der Waals surface area contributed by atoms with Crippen molar-refractivity contribution in [1.82, 2.24) is 10.6 Å². The van der Waals surface area contributed by atoms with Gasteiger partial charge in [-0.15, -0.1) is 0 Å². The van der Waals surface area contributed by atoms with Crippen molar-refractivity contribution in [2.24, 2.45) is 4.99 Å². The maximum absolute atomic E-state index is 10.3. The zero-order valence-electron chi connectivity index (χ0n) is 11.7. The normalized spacial score (nSPS) is 29.5. The molecule has 0 radical (unpaired) electrons. The Kier molecular flexibility index (Phi) is 5.78. The molecule has 2 heterocycles. The van der Waals surface area contributed by atoms with Crippen LogP contribution in [-0.2, 0) is 4.74 Å². The predicted octanol–water partition coefficient (Wildman–Crippen LogP) is 0.589. The van der Waals surface area contributed by atoms with Crippen LogP contribution in [-0.4, -0.2) is 60.5 Å². The van der Waals surface area contributed by atoms with Gasteiger partial charge in [-0.1, -0.05) is 0 Å². The number of hydrogen-bond acceptors (Lipinski definition) is 4. The average molecular weight is 287 g/mol. The van der Waals surface area contributed by atoms with Crippen molar-refractivity contribution in [3.05, 3.63) is 0 Å². The van der Waals surface area contributed by atoms with Gasteiger partial charge in [0.25, 0.3) is 0 Å². The zero-order valence-corrected chi connectivity index (χ0v) is 12.5. The van der Waals surface area contributed by atoms with E-state index < -0.39 is 5.60 Å². The molecule has 19 heavy (non-hydrogen) atoms. The van der Waals surface area contributed by atoms with Crippen LogP contribution >= 0.6 is 11.8 Å². The highest BCUT2D eigenvalue weighted by atomic mass is 32.2. The van der Waals surface area contributed by atoms with Gasteiger partial charge < -0.3 is 20.5 Å². The molecule has 0 saturated carbocycles. The third-order valence-corrected chi connectivity index (χ3v) is 4.75. The molecule has 110 valence electrons. The summed E-state index contributed by atoms with van der Waals surface area (Å²) in [4.78, 5) is 4.55. The van der Waals surface area contributed by atoms with Crippen LogP contribution in [0.15, 0.2) is 4.99 Å². The van der Waals surface area contributed by atoms with Gasteiger partial charge in [0.2, 0.25) is 0 Å². The van der Waals surface area contributed by atoms with Gasteiger partial charge in [-0.25, -0.2) is 0 Å². The number of hydrogen-bond donors (Lipinski definition) is 3. The molecular weight excluding hydrogens is 262 g/mol. The van der Waals surface area contributed by atoms with Crippen molar-refractivity contribution in [3.63, 3.8) is 0 Å². The second-order valence-electron chi connectivity index (χ2n) is 5.25. The number of aliphatic imine (C=N–C) groups is 1. The van der Waals surface area contributed by atoms with Gasteiger partial charge in [-0.3, -0.25) is 4.99 Å². The molecule has 2 rings (SSSR count). The Morgan fingerprint density at radius 2 is 2.26 bits per heavy atom. The monoisotopic (exact) mass is 287 g/mol. The molecular formula is C13H25N3O2S. The molecule has 0 bridgehead atoms. The van der Waals surface area contributed by atoms with Crippen LogP contribution in [0.1, 0.15) is 26.2 Å². The number of nitrogens with zero attached hydrogens (tertiary/aromatic N) is 1. The van der Waals surface area contributed by atoms with E-state index in [2.05, 4.69) is 22.5 Å². The number of guanidine groups is 1. The van der Waals surface area contributed by atoms with E-state index in [9.17, 15) is 5.11 Å². The molecule has 1 unspecified atom stereocenters. The van der Waals surface area contributed by atoms with Crippen molar-refractivity contribution in [2.45, 2.75) is 37.8 Å². The van der Waals surface area contributed by atoms with Crippen LogP contribution in [0.25, 0.3) is 0 Å². The summed E-state index contributed by atoms with van der Waals surface area (Å²) >= 11 is 1.81. The lowest BCUT2D eigenvalue weighted by atomic mass is 10.0. The van der Waals surface area contributed by atoms with E-state index in [1.165, 1.54) is 0 Å². The molecule has 6 heteroatoms. The average Bonchev–Trinajstić information content (AvgIpc) is 2.85. The number of ether oxygens (including phenoxy) is 1.